The Morgan fingerprint density at radius 1 is 1.24 bits per heavy atom. The van der Waals surface area contributed by atoms with Crippen molar-refractivity contribution < 1.29 is 4.79 Å². The van der Waals surface area contributed by atoms with Gasteiger partial charge in [0.2, 0.25) is 0 Å². The van der Waals surface area contributed by atoms with E-state index in [0.29, 0.717) is 28.2 Å². The number of rotatable bonds is 10. The summed E-state index contributed by atoms with van der Waals surface area (Å²) in [4.78, 5) is 14.5. The van der Waals surface area contributed by atoms with E-state index in [2.05, 4.69) is 20.9 Å². The first-order valence-corrected chi connectivity index (χ1v) is 9.02. The van der Waals surface area contributed by atoms with Gasteiger partial charge in [-0.25, -0.2) is 0 Å². The van der Waals surface area contributed by atoms with Crippen LogP contribution in [0.15, 0.2) is 35.1 Å². The maximum Gasteiger partial charge on any atom is 0.195 e. The van der Waals surface area contributed by atoms with Crippen LogP contribution < -0.4 is 21.7 Å². The van der Waals surface area contributed by atoms with Gasteiger partial charge in [0.25, 0.3) is 0 Å². The first-order chi connectivity index (χ1) is 12.1. The SMILES string of the molecule is NC1=NC(NCCCNCCCC=O)=CC(c2cccc(Cl)c2Cl)N1. The second kappa shape index (κ2) is 10.3. The Morgan fingerprint density at radius 2 is 2.04 bits per heavy atom. The van der Waals surface area contributed by atoms with Gasteiger partial charge >= 0.3 is 0 Å². The van der Waals surface area contributed by atoms with Crippen molar-refractivity contribution in [2.24, 2.45) is 10.7 Å². The van der Waals surface area contributed by atoms with Gasteiger partial charge in [0.05, 0.1) is 16.1 Å². The Hall–Kier alpha value is -1.76. The van der Waals surface area contributed by atoms with E-state index >= 15 is 0 Å². The van der Waals surface area contributed by atoms with Crippen molar-refractivity contribution >= 4 is 35.4 Å². The van der Waals surface area contributed by atoms with E-state index in [-0.39, 0.29) is 6.04 Å². The maximum absolute atomic E-state index is 10.2. The molecule has 1 atom stereocenters. The van der Waals surface area contributed by atoms with Crippen LogP contribution in [0.5, 0.6) is 0 Å². The fourth-order valence-corrected chi connectivity index (χ4v) is 2.88. The molecule has 136 valence electrons. The third kappa shape index (κ3) is 6.23. The Morgan fingerprint density at radius 3 is 2.84 bits per heavy atom. The lowest BCUT2D eigenvalue weighted by Gasteiger charge is -2.23. The summed E-state index contributed by atoms with van der Waals surface area (Å²) in [6.45, 7) is 2.49. The third-order valence-electron chi connectivity index (χ3n) is 3.70. The van der Waals surface area contributed by atoms with Crippen LogP contribution in [0.25, 0.3) is 0 Å². The molecular weight excluding hydrogens is 361 g/mol. The summed E-state index contributed by atoms with van der Waals surface area (Å²) < 4.78 is 0. The maximum atomic E-state index is 10.2. The molecule has 6 nitrogen and oxygen atoms in total. The topological polar surface area (TPSA) is 91.5 Å². The van der Waals surface area contributed by atoms with Crippen LogP contribution in [-0.4, -0.2) is 31.9 Å². The van der Waals surface area contributed by atoms with E-state index in [0.717, 1.165) is 44.3 Å². The Balaban J connectivity index is 1.84. The molecule has 0 saturated heterocycles. The molecule has 1 aliphatic rings. The lowest BCUT2D eigenvalue weighted by Crippen LogP contribution is -2.38. The van der Waals surface area contributed by atoms with Crippen LogP contribution in [0.4, 0.5) is 0 Å². The van der Waals surface area contributed by atoms with Gasteiger partial charge in [-0.05, 0) is 43.6 Å². The molecule has 0 radical (unpaired) electrons. The summed E-state index contributed by atoms with van der Waals surface area (Å²) in [6.07, 6.45) is 5.29. The molecule has 2 rings (SSSR count). The fourth-order valence-electron chi connectivity index (χ4n) is 2.45. The molecule has 1 aromatic carbocycles. The lowest BCUT2D eigenvalue weighted by atomic mass is 10.1. The average molecular weight is 384 g/mol. The largest absolute Gasteiger partial charge is 0.370 e. The molecule has 0 aliphatic carbocycles. The number of guanidine groups is 1. The number of nitrogens with one attached hydrogen (secondary N) is 3. The number of hydrogen-bond donors (Lipinski definition) is 4. The van der Waals surface area contributed by atoms with E-state index in [4.69, 9.17) is 28.9 Å². The molecule has 0 fully saturated rings. The van der Waals surface area contributed by atoms with E-state index in [1.165, 1.54) is 0 Å². The number of benzene rings is 1. The van der Waals surface area contributed by atoms with Crippen molar-refractivity contribution in [1.82, 2.24) is 16.0 Å². The second-order valence-electron chi connectivity index (χ2n) is 5.65. The van der Waals surface area contributed by atoms with Crippen LogP contribution in [-0.2, 0) is 4.79 Å². The molecule has 0 amide bonds. The van der Waals surface area contributed by atoms with Gasteiger partial charge < -0.3 is 26.5 Å². The van der Waals surface area contributed by atoms with Gasteiger partial charge in [0, 0.05) is 13.0 Å². The van der Waals surface area contributed by atoms with Crippen LogP contribution in [0.1, 0.15) is 30.9 Å². The zero-order valence-corrected chi connectivity index (χ0v) is 15.4. The lowest BCUT2D eigenvalue weighted by molar-refractivity contribution is -0.107. The fraction of sp³-hybridized carbons (Fsp3) is 0.412. The predicted octanol–water partition coefficient (Wildman–Crippen LogP) is 2.34. The Kier molecular flexibility index (Phi) is 8.04. The standard InChI is InChI=1S/C17H23Cl2N5O/c18-13-6-3-5-12(16(13)19)14-11-15(24-17(20)23-14)22-9-4-8-21-7-1-2-10-25/h3,5-6,10-11,14,21-22H,1-2,4,7-9H2,(H3,20,23,24). The summed E-state index contributed by atoms with van der Waals surface area (Å²) in [6, 6.07) is 5.32. The van der Waals surface area contributed by atoms with Gasteiger partial charge in [-0.2, -0.15) is 4.99 Å². The Labute approximate surface area is 157 Å². The van der Waals surface area contributed by atoms with Crippen molar-refractivity contribution in [3.05, 3.63) is 45.7 Å². The highest BCUT2D eigenvalue weighted by molar-refractivity contribution is 6.42. The van der Waals surface area contributed by atoms with Crippen molar-refractivity contribution in [2.75, 3.05) is 19.6 Å². The summed E-state index contributed by atoms with van der Waals surface area (Å²) in [7, 11) is 0. The van der Waals surface area contributed by atoms with Gasteiger partial charge in [-0.15, -0.1) is 0 Å². The molecule has 1 heterocycles. The van der Waals surface area contributed by atoms with E-state index in [1.807, 2.05) is 18.2 Å². The molecule has 0 spiro atoms. The molecule has 5 N–H and O–H groups in total. The van der Waals surface area contributed by atoms with Crippen molar-refractivity contribution in [3.63, 3.8) is 0 Å². The second-order valence-corrected chi connectivity index (χ2v) is 6.44. The average Bonchev–Trinajstić information content (AvgIpc) is 2.59. The number of halogens is 2. The van der Waals surface area contributed by atoms with Gasteiger partial charge in [0.1, 0.15) is 12.1 Å². The van der Waals surface area contributed by atoms with Gasteiger partial charge in [0.15, 0.2) is 5.96 Å². The number of aliphatic imine (C=N–C) groups is 1. The zero-order valence-electron chi connectivity index (χ0n) is 13.9. The molecule has 1 aliphatic heterocycles. The highest BCUT2D eigenvalue weighted by Crippen LogP contribution is 2.31. The first kappa shape index (κ1) is 19.6. The third-order valence-corrected chi connectivity index (χ3v) is 4.53. The number of carbonyl (C=O) groups excluding carboxylic acids is 1. The molecule has 25 heavy (non-hydrogen) atoms. The minimum absolute atomic E-state index is 0.187. The van der Waals surface area contributed by atoms with Crippen LogP contribution >= 0.6 is 23.2 Å². The first-order valence-electron chi connectivity index (χ1n) is 8.26. The summed E-state index contributed by atoms with van der Waals surface area (Å²) in [5.41, 5.74) is 6.73. The number of nitrogens with zero attached hydrogens (tertiary/aromatic N) is 1. The Bertz CT molecular complexity index is 648. The molecule has 1 unspecified atom stereocenters. The zero-order chi connectivity index (χ0) is 18.1. The summed E-state index contributed by atoms with van der Waals surface area (Å²) in [5, 5.41) is 10.7. The molecule has 0 saturated carbocycles. The smallest absolute Gasteiger partial charge is 0.195 e. The normalized spacial score (nSPS) is 16.6. The minimum Gasteiger partial charge on any atom is -0.370 e. The predicted molar refractivity (Wildman–Crippen MR) is 103 cm³/mol. The molecule has 0 bridgehead atoms. The molecular formula is C17H23Cl2N5O. The number of nitrogens with two attached hydrogens (primary N) is 1. The summed E-state index contributed by atoms with van der Waals surface area (Å²) in [5.74, 6) is 1.04. The highest BCUT2D eigenvalue weighted by Gasteiger charge is 2.19. The van der Waals surface area contributed by atoms with E-state index in [9.17, 15) is 4.79 Å². The number of aldehydes is 1. The minimum atomic E-state index is -0.187. The van der Waals surface area contributed by atoms with Gasteiger partial charge in [-0.1, -0.05) is 35.3 Å². The highest BCUT2D eigenvalue weighted by atomic mass is 35.5. The molecule has 0 aromatic heterocycles. The summed E-state index contributed by atoms with van der Waals surface area (Å²) >= 11 is 12.4. The van der Waals surface area contributed by atoms with Crippen molar-refractivity contribution in [3.8, 4) is 0 Å². The van der Waals surface area contributed by atoms with Gasteiger partial charge in [-0.3, -0.25) is 0 Å². The van der Waals surface area contributed by atoms with Crippen LogP contribution in [0.2, 0.25) is 10.0 Å². The van der Waals surface area contributed by atoms with Crippen LogP contribution in [0.3, 0.4) is 0 Å². The van der Waals surface area contributed by atoms with Crippen LogP contribution in [0, 0.1) is 0 Å². The monoisotopic (exact) mass is 383 g/mol. The van der Waals surface area contributed by atoms with E-state index < -0.39 is 0 Å². The number of carbonyl (C=O) groups is 1. The quantitative estimate of drug-likeness (QED) is 0.367. The number of hydrogen-bond acceptors (Lipinski definition) is 6. The molecule has 8 heteroatoms. The van der Waals surface area contributed by atoms with E-state index in [1.54, 1.807) is 6.07 Å². The van der Waals surface area contributed by atoms with Crippen molar-refractivity contribution in [2.45, 2.75) is 25.3 Å². The van der Waals surface area contributed by atoms with Crippen molar-refractivity contribution in [1.29, 1.82) is 0 Å². The number of unbranched alkanes of at least 4 members (excludes halogenated alkanes) is 1. The molecule has 1 aromatic rings.